The summed E-state index contributed by atoms with van der Waals surface area (Å²) in [6, 6.07) is 13.1. The summed E-state index contributed by atoms with van der Waals surface area (Å²) >= 11 is 7.72. The van der Waals surface area contributed by atoms with Gasteiger partial charge in [0.15, 0.2) is 11.0 Å². The van der Waals surface area contributed by atoms with Crippen molar-refractivity contribution in [3.05, 3.63) is 58.9 Å². The van der Waals surface area contributed by atoms with Crippen molar-refractivity contribution >= 4 is 23.4 Å². The second-order valence-electron chi connectivity index (χ2n) is 5.70. The lowest BCUT2D eigenvalue weighted by molar-refractivity contribution is 0.292. The largest absolute Gasteiger partial charge is 0.497 e. The minimum atomic E-state index is 0.0594. The number of benzene rings is 2. The third kappa shape index (κ3) is 4.74. The van der Waals surface area contributed by atoms with Crippen molar-refractivity contribution in [3.63, 3.8) is 0 Å². The Kier molecular flexibility index (Phi) is 6.60. The maximum Gasteiger partial charge on any atom is 0.196 e. The lowest BCUT2D eigenvalue weighted by Gasteiger charge is -2.12. The number of ether oxygens (including phenoxy) is 2. The molecule has 0 spiro atoms. The van der Waals surface area contributed by atoms with Crippen molar-refractivity contribution in [2.24, 2.45) is 0 Å². The van der Waals surface area contributed by atoms with Crippen LogP contribution in [0.25, 0.3) is 5.69 Å². The molecule has 27 heavy (non-hydrogen) atoms. The Bertz CT molecular complexity index is 900. The third-order valence-electron chi connectivity index (χ3n) is 3.86. The van der Waals surface area contributed by atoms with Gasteiger partial charge in [0.25, 0.3) is 0 Å². The number of aliphatic hydroxyl groups is 1. The van der Waals surface area contributed by atoms with Gasteiger partial charge in [0.05, 0.1) is 19.4 Å². The number of thioether (sulfide) groups is 1. The van der Waals surface area contributed by atoms with Gasteiger partial charge in [-0.1, -0.05) is 29.4 Å². The van der Waals surface area contributed by atoms with Crippen LogP contribution in [-0.2, 0) is 6.61 Å². The van der Waals surface area contributed by atoms with E-state index >= 15 is 0 Å². The Hall–Kier alpha value is -2.22. The molecule has 0 radical (unpaired) electrons. The molecule has 3 aromatic rings. The fourth-order valence-corrected chi connectivity index (χ4v) is 3.31. The molecule has 6 nitrogen and oxygen atoms in total. The van der Waals surface area contributed by atoms with Crippen LogP contribution >= 0.6 is 23.4 Å². The molecule has 3 rings (SSSR count). The molecule has 142 valence electrons. The lowest BCUT2D eigenvalue weighted by Crippen LogP contribution is -2.07. The molecule has 1 heterocycles. The number of aliphatic hydroxyl groups excluding tert-OH is 1. The first-order valence-electron chi connectivity index (χ1n) is 8.33. The fraction of sp³-hybridized carbons (Fsp3) is 0.263. The summed E-state index contributed by atoms with van der Waals surface area (Å²) in [6.45, 7) is 2.25. The fourth-order valence-electron chi connectivity index (χ4n) is 2.42. The number of methoxy groups -OCH3 is 1. The van der Waals surface area contributed by atoms with E-state index in [-0.39, 0.29) is 13.2 Å². The van der Waals surface area contributed by atoms with Gasteiger partial charge in [0, 0.05) is 10.8 Å². The summed E-state index contributed by atoms with van der Waals surface area (Å²) in [6.07, 6.45) is 0. The highest BCUT2D eigenvalue weighted by atomic mass is 35.5. The van der Waals surface area contributed by atoms with E-state index in [1.165, 1.54) is 11.8 Å². The van der Waals surface area contributed by atoms with Gasteiger partial charge in [0.1, 0.15) is 18.1 Å². The van der Waals surface area contributed by atoms with Gasteiger partial charge in [-0.15, -0.1) is 10.2 Å². The summed E-state index contributed by atoms with van der Waals surface area (Å²) in [7, 11) is 1.62. The molecule has 0 unspecified atom stereocenters. The molecule has 0 aliphatic carbocycles. The number of nitrogens with zero attached hydrogens (tertiary/aromatic N) is 3. The Morgan fingerprint density at radius 1 is 1.11 bits per heavy atom. The topological polar surface area (TPSA) is 69.4 Å². The number of halogens is 1. The molecular formula is C19H20ClN3O3S. The standard InChI is InChI=1S/C19H20ClN3O3S/c1-13-3-4-14(11-17(13)20)23-18(21-22-19(23)27-10-9-24)12-26-16-7-5-15(25-2)6-8-16/h3-8,11,24H,9-10,12H2,1-2H3. The zero-order valence-electron chi connectivity index (χ0n) is 15.1. The van der Waals surface area contributed by atoms with Crippen molar-refractivity contribution in [3.8, 4) is 17.2 Å². The second-order valence-corrected chi connectivity index (χ2v) is 7.17. The van der Waals surface area contributed by atoms with Gasteiger partial charge in [0.2, 0.25) is 0 Å². The van der Waals surface area contributed by atoms with Crippen LogP contribution in [0.15, 0.2) is 47.6 Å². The summed E-state index contributed by atoms with van der Waals surface area (Å²) in [5.41, 5.74) is 1.85. The van der Waals surface area contributed by atoms with Crippen molar-refractivity contribution in [2.75, 3.05) is 19.5 Å². The molecular weight excluding hydrogens is 386 g/mol. The van der Waals surface area contributed by atoms with E-state index in [1.54, 1.807) is 7.11 Å². The third-order valence-corrected chi connectivity index (χ3v) is 5.18. The molecule has 8 heteroatoms. The highest BCUT2D eigenvalue weighted by Gasteiger charge is 2.16. The van der Waals surface area contributed by atoms with E-state index in [9.17, 15) is 0 Å². The Labute approximate surface area is 167 Å². The molecule has 2 aromatic carbocycles. The molecule has 1 aromatic heterocycles. The van der Waals surface area contributed by atoms with Crippen LogP contribution < -0.4 is 9.47 Å². The SMILES string of the molecule is COc1ccc(OCc2nnc(SCCO)n2-c2ccc(C)c(Cl)c2)cc1. The van der Waals surface area contributed by atoms with E-state index in [0.29, 0.717) is 27.5 Å². The molecule has 0 aliphatic rings. The Balaban J connectivity index is 1.87. The number of aryl methyl sites for hydroxylation is 1. The summed E-state index contributed by atoms with van der Waals surface area (Å²) in [5, 5.41) is 19.0. The lowest BCUT2D eigenvalue weighted by atomic mass is 10.2. The van der Waals surface area contributed by atoms with Crippen LogP contribution in [-0.4, -0.2) is 39.3 Å². The zero-order valence-corrected chi connectivity index (χ0v) is 16.6. The maximum absolute atomic E-state index is 9.14. The van der Waals surface area contributed by atoms with Gasteiger partial charge in [-0.25, -0.2) is 0 Å². The highest BCUT2D eigenvalue weighted by molar-refractivity contribution is 7.99. The molecule has 1 N–H and O–H groups in total. The van der Waals surface area contributed by atoms with Crippen molar-refractivity contribution < 1.29 is 14.6 Å². The van der Waals surface area contributed by atoms with Crippen LogP contribution in [0.4, 0.5) is 0 Å². The molecule has 0 aliphatic heterocycles. The average Bonchev–Trinajstić information content (AvgIpc) is 3.10. The van der Waals surface area contributed by atoms with E-state index in [2.05, 4.69) is 10.2 Å². The number of aromatic nitrogens is 3. The highest BCUT2D eigenvalue weighted by Crippen LogP contribution is 2.26. The molecule has 0 amide bonds. The van der Waals surface area contributed by atoms with Crippen LogP contribution in [0.2, 0.25) is 5.02 Å². The Morgan fingerprint density at radius 2 is 1.85 bits per heavy atom. The van der Waals surface area contributed by atoms with Crippen molar-refractivity contribution in [2.45, 2.75) is 18.7 Å². The first-order valence-corrected chi connectivity index (χ1v) is 9.70. The number of hydrogen-bond donors (Lipinski definition) is 1. The predicted molar refractivity (Wildman–Crippen MR) is 106 cm³/mol. The first-order chi connectivity index (χ1) is 13.1. The van der Waals surface area contributed by atoms with E-state index in [0.717, 1.165) is 17.0 Å². The molecule has 0 saturated heterocycles. The monoisotopic (exact) mass is 405 g/mol. The maximum atomic E-state index is 9.14. The molecule has 0 bridgehead atoms. The smallest absolute Gasteiger partial charge is 0.196 e. The van der Waals surface area contributed by atoms with E-state index in [1.807, 2.05) is 54.0 Å². The summed E-state index contributed by atoms with van der Waals surface area (Å²) < 4.78 is 12.9. The van der Waals surface area contributed by atoms with Gasteiger partial charge < -0.3 is 14.6 Å². The zero-order chi connectivity index (χ0) is 19.2. The van der Waals surface area contributed by atoms with E-state index < -0.39 is 0 Å². The second kappa shape index (κ2) is 9.12. The van der Waals surface area contributed by atoms with Gasteiger partial charge >= 0.3 is 0 Å². The minimum absolute atomic E-state index is 0.0594. The van der Waals surface area contributed by atoms with Crippen LogP contribution in [0, 0.1) is 6.92 Å². The van der Waals surface area contributed by atoms with Crippen LogP contribution in [0.5, 0.6) is 11.5 Å². The minimum Gasteiger partial charge on any atom is -0.497 e. The average molecular weight is 406 g/mol. The van der Waals surface area contributed by atoms with Gasteiger partial charge in [-0.2, -0.15) is 0 Å². The van der Waals surface area contributed by atoms with Gasteiger partial charge in [-0.05, 0) is 48.9 Å². The quantitative estimate of drug-likeness (QED) is 0.573. The van der Waals surface area contributed by atoms with Gasteiger partial charge in [-0.3, -0.25) is 4.57 Å². The summed E-state index contributed by atoms with van der Waals surface area (Å²) in [5.74, 6) is 2.64. The first kappa shape index (κ1) is 19.5. The van der Waals surface area contributed by atoms with E-state index in [4.69, 9.17) is 26.2 Å². The van der Waals surface area contributed by atoms with Crippen LogP contribution in [0.3, 0.4) is 0 Å². The number of rotatable bonds is 8. The van der Waals surface area contributed by atoms with Crippen molar-refractivity contribution in [1.82, 2.24) is 14.8 Å². The molecule has 0 atom stereocenters. The Morgan fingerprint density at radius 3 is 2.52 bits per heavy atom. The molecule has 0 fully saturated rings. The molecule has 0 saturated carbocycles. The predicted octanol–water partition coefficient (Wildman–Crippen LogP) is 3.90. The van der Waals surface area contributed by atoms with Crippen LogP contribution in [0.1, 0.15) is 11.4 Å². The summed E-state index contributed by atoms with van der Waals surface area (Å²) in [4.78, 5) is 0. The van der Waals surface area contributed by atoms with Crippen molar-refractivity contribution in [1.29, 1.82) is 0 Å². The number of hydrogen-bond acceptors (Lipinski definition) is 6. The normalized spacial score (nSPS) is 10.8.